The van der Waals surface area contributed by atoms with E-state index in [9.17, 15) is 4.79 Å². The first-order valence-electron chi connectivity index (χ1n) is 7.37. The maximum absolute atomic E-state index is 11.5. The van der Waals surface area contributed by atoms with Crippen molar-refractivity contribution in [1.29, 1.82) is 0 Å². The molecular weight excluding hydrogens is 272 g/mol. The quantitative estimate of drug-likeness (QED) is 0.541. The van der Waals surface area contributed by atoms with Crippen molar-refractivity contribution in [3.8, 4) is 0 Å². The number of H-pyrrole nitrogens is 2. The fourth-order valence-electron chi connectivity index (χ4n) is 3.13. The molecule has 2 heterocycles. The molecule has 0 aliphatic rings. The van der Waals surface area contributed by atoms with Gasteiger partial charge in [0.2, 0.25) is 0 Å². The molecule has 22 heavy (non-hydrogen) atoms. The van der Waals surface area contributed by atoms with Crippen molar-refractivity contribution in [3.05, 3.63) is 71.0 Å². The second-order valence-electron chi connectivity index (χ2n) is 5.72. The highest BCUT2D eigenvalue weighted by atomic mass is 16.1. The zero-order valence-electron chi connectivity index (χ0n) is 12.3. The minimum atomic E-state index is 0.714. The Labute approximate surface area is 128 Å². The van der Waals surface area contributed by atoms with Gasteiger partial charge in [-0.1, -0.05) is 30.3 Å². The summed E-state index contributed by atoms with van der Waals surface area (Å²) >= 11 is 0. The van der Waals surface area contributed by atoms with Gasteiger partial charge in [0.1, 0.15) is 0 Å². The minimum absolute atomic E-state index is 0.714. The number of carbonyl (C=O) groups excluding carboxylic acids is 1. The summed E-state index contributed by atoms with van der Waals surface area (Å²) in [5.41, 5.74) is 6.31. The molecule has 0 aliphatic heterocycles. The molecular formula is C19H16N2O. The molecule has 0 unspecified atom stereocenters. The second-order valence-corrected chi connectivity index (χ2v) is 5.72. The van der Waals surface area contributed by atoms with Crippen LogP contribution in [-0.4, -0.2) is 16.3 Å². The number of nitrogens with one attached hydrogen (secondary N) is 2. The first-order chi connectivity index (χ1) is 10.8. The highest BCUT2D eigenvalue weighted by molar-refractivity contribution is 5.99. The van der Waals surface area contributed by atoms with Gasteiger partial charge in [-0.25, -0.2) is 0 Å². The van der Waals surface area contributed by atoms with E-state index in [0.717, 1.165) is 34.0 Å². The van der Waals surface area contributed by atoms with E-state index in [0.29, 0.717) is 6.42 Å². The van der Waals surface area contributed by atoms with Crippen LogP contribution in [0.25, 0.3) is 21.8 Å². The molecule has 0 aliphatic carbocycles. The van der Waals surface area contributed by atoms with Crippen molar-refractivity contribution in [2.24, 2.45) is 0 Å². The van der Waals surface area contributed by atoms with Crippen molar-refractivity contribution in [2.45, 2.75) is 13.3 Å². The molecule has 0 spiro atoms. The Hall–Kier alpha value is -2.81. The third-order valence-corrected chi connectivity index (χ3v) is 4.24. The maximum Gasteiger partial charge on any atom is 0.152 e. The van der Waals surface area contributed by atoms with Crippen LogP contribution in [0.5, 0.6) is 0 Å². The lowest BCUT2D eigenvalue weighted by atomic mass is 10.0. The Morgan fingerprint density at radius 2 is 1.91 bits per heavy atom. The van der Waals surface area contributed by atoms with Gasteiger partial charge in [-0.05, 0) is 30.2 Å². The summed E-state index contributed by atoms with van der Waals surface area (Å²) in [4.78, 5) is 18.2. The Morgan fingerprint density at radius 3 is 2.77 bits per heavy atom. The molecule has 2 aromatic carbocycles. The molecule has 0 amide bonds. The van der Waals surface area contributed by atoms with Gasteiger partial charge in [0.25, 0.3) is 0 Å². The summed E-state index contributed by atoms with van der Waals surface area (Å²) in [6.07, 6.45) is 3.70. The van der Waals surface area contributed by atoms with Crippen molar-refractivity contribution in [1.82, 2.24) is 9.97 Å². The minimum Gasteiger partial charge on any atom is -0.361 e. The number of hydrogen-bond donors (Lipinski definition) is 2. The normalized spacial score (nSPS) is 11.3. The highest BCUT2D eigenvalue weighted by Gasteiger charge is 2.13. The Morgan fingerprint density at radius 1 is 1.05 bits per heavy atom. The zero-order valence-corrected chi connectivity index (χ0v) is 12.3. The van der Waals surface area contributed by atoms with Gasteiger partial charge in [-0.3, -0.25) is 4.79 Å². The van der Waals surface area contributed by atoms with E-state index in [2.05, 4.69) is 35.1 Å². The van der Waals surface area contributed by atoms with Gasteiger partial charge < -0.3 is 9.97 Å². The number of aromatic nitrogens is 2. The maximum atomic E-state index is 11.5. The lowest BCUT2D eigenvalue weighted by Gasteiger charge is -2.00. The van der Waals surface area contributed by atoms with Crippen molar-refractivity contribution in [3.63, 3.8) is 0 Å². The van der Waals surface area contributed by atoms with Crippen LogP contribution in [0.3, 0.4) is 0 Å². The summed E-state index contributed by atoms with van der Waals surface area (Å²) in [5.74, 6) is 0. The molecule has 4 aromatic rings. The van der Waals surface area contributed by atoms with Crippen LogP contribution in [-0.2, 0) is 6.42 Å². The van der Waals surface area contributed by atoms with Crippen LogP contribution < -0.4 is 0 Å². The largest absolute Gasteiger partial charge is 0.361 e. The van der Waals surface area contributed by atoms with Crippen LogP contribution in [0.1, 0.15) is 27.2 Å². The van der Waals surface area contributed by atoms with Crippen molar-refractivity contribution >= 4 is 28.1 Å². The molecule has 0 bridgehead atoms. The summed E-state index contributed by atoms with van der Waals surface area (Å²) in [6.45, 7) is 2.09. The molecule has 0 fully saturated rings. The SMILES string of the molecule is Cc1ccc2c(Cc3[nH]c4ccccc4c3C=O)c[nH]c2c1. The lowest BCUT2D eigenvalue weighted by Crippen LogP contribution is -1.92. The third kappa shape index (κ3) is 1.94. The highest BCUT2D eigenvalue weighted by Crippen LogP contribution is 2.26. The standard InChI is InChI=1S/C19H16N2O/c1-12-6-7-14-13(10-20-18(14)8-12)9-19-16(11-22)15-4-2-3-5-17(15)21-19/h2-8,10-11,20-21H,9H2,1H3. The molecule has 0 radical (unpaired) electrons. The van der Waals surface area contributed by atoms with Gasteiger partial charge >= 0.3 is 0 Å². The summed E-state index contributed by atoms with van der Waals surface area (Å²) in [7, 11) is 0. The van der Waals surface area contributed by atoms with Gasteiger partial charge in [0, 0.05) is 45.7 Å². The molecule has 0 saturated heterocycles. The van der Waals surface area contributed by atoms with Crippen LogP contribution in [0.4, 0.5) is 0 Å². The van der Waals surface area contributed by atoms with E-state index in [1.54, 1.807) is 0 Å². The van der Waals surface area contributed by atoms with E-state index >= 15 is 0 Å². The Balaban J connectivity index is 1.84. The molecule has 4 rings (SSSR count). The van der Waals surface area contributed by atoms with Crippen LogP contribution in [0.15, 0.2) is 48.7 Å². The summed E-state index contributed by atoms with van der Waals surface area (Å²) < 4.78 is 0. The second kappa shape index (κ2) is 4.88. The molecule has 3 nitrogen and oxygen atoms in total. The number of hydrogen-bond acceptors (Lipinski definition) is 1. The molecule has 2 aromatic heterocycles. The van der Waals surface area contributed by atoms with Gasteiger partial charge in [-0.15, -0.1) is 0 Å². The van der Waals surface area contributed by atoms with Crippen LogP contribution >= 0.6 is 0 Å². The molecule has 3 heteroatoms. The monoisotopic (exact) mass is 288 g/mol. The first kappa shape index (κ1) is 12.9. The van der Waals surface area contributed by atoms with Gasteiger partial charge in [-0.2, -0.15) is 0 Å². The number of aldehydes is 1. The third-order valence-electron chi connectivity index (χ3n) is 4.24. The first-order valence-corrected chi connectivity index (χ1v) is 7.37. The van der Waals surface area contributed by atoms with Crippen LogP contribution in [0.2, 0.25) is 0 Å². The molecule has 108 valence electrons. The predicted molar refractivity (Wildman–Crippen MR) is 89.5 cm³/mol. The number of carbonyl (C=O) groups is 1. The van der Waals surface area contributed by atoms with E-state index in [-0.39, 0.29) is 0 Å². The number of aromatic amines is 2. The molecule has 0 saturated carbocycles. The van der Waals surface area contributed by atoms with Crippen molar-refractivity contribution in [2.75, 3.05) is 0 Å². The average molecular weight is 288 g/mol. The van der Waals surface area contributed by atoms with Crippen molar-refractivity contribution < 1.29 is 4.79 Å². The molecule has 2 N–H and O–H groups in total. The number of fused-ring (bicyclic) bond motifs is 2. The van der Waals surface area contributed by atoms with Gasteiger partial charge in [0.15, 0.2) is 6.29 Å². The topological polar surface area (TPSA) is 48.6 Å². The average Bonchev–Trinajstić information content (AvgIpc) is 3.08. The van der Waals surface area contributed by atoms with E-state index in [1.807, 2.05) is 30.5 Å². The Bertz CT molecular complexity index is 991. The summed E-state index contributed by atoms with van der Waals surface area (Å²) in [5, 5.41) is 2.20. The number of benzene rings is 2. The molecule has 0 atom stereocenters. The van der Waals surface area contributed by atoms with Gasteiger partial charge in [0.05, 0.1) is 0 Å². The Kier molecular flexibility index (Phi) is 2.86. The number of para-hydroxylation sites is 1. The van der Waals surface area contributed by atoms with E-state index in [1.165, 1.54) is 16.5 Å². The zero-order chi connectivity index (χ0) is 15.1. The van der Waals surface area contributed by atoms with E-state index in [4.69, 9.17) is 0 Å². The predicted octanol–water partition coefficient (Wildman–Crippen LogP) is 4.36. The fourth-order valence-corrected chi connectivity index (χ4v) is 3.13. The van der Waals surface area contributed by atoms with E-state index < -0.39 is 0 Å². The lowest BCUT2D eigenvalue weighted by molar-refractivity contribution is 0.112. The fraction of sp³-hybridized carbons (Fsp3) is 0.105. The summed E-state index contributed by atoms with van der Waals surface area (Å²) in [6, 6.07) is 14.3. The number of aryl methyl sites for hydroxylation is 1. The smallest absolute Gasteiger partial charge is 0.152 e. The number of rotatable bonds is 3. The van der Waals surface area contributed by atoms with Crippen LogP contribution in [0, 0.1) is 6.92 Å².